The van der Waals surface area contributed by atoms with E-state index in [4.69, 9.17) is 16.0 Å². The number of fused-ring (bicyclic) bond motifs is 1. The van der Waals surface area contributed by atoms with Gasteiger partial charge in [0.25, 0.3) is 0 Å². The van der Waals surface area contributed by atoms with E-state index < -0.39 is 0 Å². The minimum absolute atomic E-state index is 0.319. The van der Waals surface area contributed by atoms with Crippen molar-refractivity contribution in [1.82, 2.24) is 0 Å². The predicted molar refractivity (Wildman–Crippen MR) is 85.6 cm³/mol. The van der Waals surface area contributed by atoms with Crippen molar-refractivity contribution in [2.24, 2.45) is 0 Å². The highest BCUT2D eigenvalue weighted by Gasteiger charge is 2.12. The Morgan fingerprint density at radius 2 is 1.58 bits per heavy atom. The average molecular weight is 383 g/mol. The topological polar surface area (TPSA) is 30.2 Å². The molecule has 0 fully saturated rings. The van der Waals surface area contributed by atoms with Gasteiger partial charge in [0.05, 0.1) is 8.96 Å². The molecule has 94 valence electrons. The normalized spacial score (nSPS) is 10.8. The maximum atomic E-state index is 12.0. The minimum Gasteiger partial charge on any atom is -0.421 e. The molecule has 0 saturated heterocycles. The van der Waals surface area contributed by atoms with Gasteiger partial charge >= 0.3 is 5.63 Å². The van der Waals surface area contributed by atoms with Crippen molar-refractivity contribution >= 4 is 45.0 Å². The highest BCUT2D eigenvalue weighted by atomic mass is 127. The molecule has 0 radical (unpaired) electrons. The fourth-order valence-corrected chi connectivity index (χ4v) is 2.97. The first-order valence-electron chi connectivity index (χ1n) is 5.64. The van der Waals surface area contributed by atoms with E-state index in [1.165, 1.54) is 0 Å². The molecule has 0 amide bonds. The lowest BCUT2D eigenvalue weighted by Gasteiger charge is -2.06. The molecule has 4 heteroatoms. The van der Waals surface area contributed by atoms with Crippen LogP contribution in [0.3, 0.4) is 0 Å². The van der Waals surface area contributed by atoms with E-state index >= 15 is 0 Å². The van der Waals surface area contributed by atoms with Gasteiger partial charge in [-0.15, -0.1) is 0 Å². The van der Waals surface area contributed by atoms with E-state index in [1.807, 2.05) is 30.3 Å². The molecule has 1 heterocycles. The molecule has 0 saturated carbocycles. The summed E-state index contributed by atoms with van der Waals surface area (Å²) >= 11 is 8.07. The summed E-state index contributed by atoms with van der Waals surface area (Å²) in [5, 5.41) is 2.16. The Balaban J connectivity index is 2.33. The van der Waals surface area contributed by atoms with Crippen molar-refractivity contribution in [2.45, 2.75) is 0 Å². The second-order valence-electron chi connectivity index (χ2n) is 4.09. The third kappa shape index (κ3) is 2.28. The Morgan fingerprint density at radius 1 is 0.947 bits per heavy atom. The van der Waals surface area contributed by atoms with Crippen LogP contribution in [0.2, 0.25) is 5.02 Å². The number of hydrogen-bond donors (Lipinski definition) is 0. The molecule has 0 bridgehead atoms. The second-order valence-corrected chi connectivity index (χ2v) is 5.60. The summed E-state index contributed by atoms with van der Waals surface area (Å²) in [5.41, 5.74) is 0.526. The summed E-state index contributed by atoms with van der Waals surface area (Å²) < 4.78 is 6.37. The van der Waals surface area contributed by atoms with Crippen molar-refractivity contribution in [1.29, 1.82) is 0 Å². The molecule has 0 spiro atoms. The molecule has 0 aliphatic carbocycles. The Bertz CT molecular complexity index is 806. The maximum absolute atomic E-state index is 12.0. The SMILES string of the molecule is O=c1oc(-c2ccc(Cl)cc2)c(I)c2ccccc12. The standard InChI is InChI=1S/C15H8ClIO2/c16-10-7-5-9(6-8-10)14-13(17)11-3-1-2-4-12(11)15(18)19-14/h1-8H. The third-order valence-electron chi connectivity index (χ3n) is 2.88. The first-order chi connectivity index (χ1) is 9.16. The molecular formula is C15H8ClIO2. The summed E-state index contributed by atoms with van der Waals surface area (Å²) in [6, 6.07) is 14.7. The molecule has 0 unspecified atom stereocenters. The van der Waals surface area contributed by atoms with E-state index in [-0.39, 0.29) is 5.63 Å². The molecular weight excluding hydrogens is 375 g/mol. The van der Waals surface area contributed by atoms with E-state index in [0.717, 1.165) is 14.5 Å². The average Bonchev–Trinajstić information content (AvgIpc) is 2.44. The molecule has 3 aromatic rings. The Kier molecular flexibility index (Phi) is 3.33. The monoisotopic (exact) mass is 382 g/mol. The minimum atomic E-state index is -0.319. The maximum Gasteiger partial charge on any atom is 0.344 e. The molecule has 2 nitrogen and oxygen atoms in total. The van der Waals surface area contributed by atoms with Crippen LogP contribution in [0.1, 0.15) is 0 Å². The van der Waals surface area contributed by atoms with Crippen LogP contribution in [0.4, 0.5) is 0 Å². The van der Waals surface area contributed by atoms with E-state index in [1.54, 1.807) is 18.2 Å². The van der Waals surface area contributed by atoms with Gasteiger partial charge in [-0.2, -0.15) is 0 Å². The number of rotatable bonds is 1. The fraction of sp³-hybridized carbons (Fsp3) is 0. The molecule has 0 aliphatic rings. The van der Waals surface area contributed by atoms with Crippen molar-refractivity contribution in [3.8, 4) is 11.3 Å². The van der Waals surface area contributed by atoms with Crippen LogP contribution in [0, 0.1) is 3.57 Å². The van der Waals surface area contributed by atoms with Crippen LogP contribution in [0.15, 0.2) is 57.7 Å². The third-order valence-corrected chi connectivity index (χ3v) is 4.21. The van der Waals surface area contributed by atoms with Crippen molar-refractivity contribution in [3.63, 3.8) is 0 Å². The lowest BCUT2D eigenvalue weighted by molar-refractivity contribution is 0.532. The van der Waals surface area contributed by atoms with Gasteiger partial charge in [-0.1, -0.05) is 29.8 Å². The van der Waals surface area contributed by atoms with Gasteiger partial charge in [-0.3, -0.25) is 0 Å². The molecule has 19 heavy (non-hydrogen) atoms. The molecule has 2 aromatic carbocycles. The van der Waals surface area contributed by atoms with E-state index in [0.29, 0.717) is 16.2 Å². The summed E-state index contributed by atoms with van der Waals surface area (Å²) in [5.74, 6) is 0.584. The zero-order chi connectivity index (χ0) is 13.4. The van der Waals surface area contributed by atoms with E-state index in [2.05, 4.69) is 22.6 Å². The smallest absolute Gasteiger partial charge is 0.344 e. The Hall–Kier alpha value is -1.33. The molecule has 0 atom stereocenters. The van der Waals surface area contributed by atoms with Gasteiger partial charge in [0.15, 0.2) is 5.76 Å². The molecule has 1 aromatic heterocycles. The lowest BCUT2D eigenvalue weighted by Crippen LogP contribution is -2.02. The van der Waals surface area contributed by atoms with E-state index in [9.17, 15) is 4.79 Å². The highest BCUT2D eigenvalue weighted by molar-refractivity contribution is 14.1. The zero-order valence-corrected chi connectivity index (χ0v) is 12.6. The van der Waals surface area contributed by atoms with Gasteiger partial charge in [0, 0.05) is 16.0 Å². The molecule has 0 N–H and O–H groups in total. The molecule has 3 rings (SSSR count). The van der Waals surface area contributed by atoms with Crippen molar-refractivity contribution < 1.29 is 4.42 Å². The van der Waals surface area contributed by atoms with Crippen molar-refractivity contribution in [3.05, 3.63) is 67.5 Å². The quantitative estimate of drug-likeness (QED) is 0.570. The Labute approximate surface area is 128 Å². The second kappa shape index (κ2) is 4.98. The van der Waals surface area contributed by atoms with Crippen LogP contribution >= 0.6 is 34.2 Å². The summed E-state index contributed by atoms with van der Waals surface area (Å²) in [7, 11) is 0. The highest BCUT2D eigenvalue weighted by Crippen LogP contribution is 2.30. The van der Waals surface area contributed by atoms with Crippen LogP contribution in [-0.2, 0) is 0 Å². The zero-order valence-electron chi connectivity index (χ0n) is 9.69. The summed E-state index contributed by atoms with van der Waals surface area (Å²) in [4.78, 5) is 12.0. The predicted octanol–water partition coefficient (Wildman–Crippen LogP) is 4.72. The largest absolute Gasteiger partial charge is 0.421 e. The van der Waals surface area contributed by atoms with Crippen LogP contribution in [-0.4, -0.2) is 0 Å². The van der Waals surface area contributed by atoms with Gasteiger partial charge < -0.3 is 4.42 Å². The summed E-state index contributed by atoms with van der Waals surface area (Å²) in [6.07, 6.45) is 0. The number of benzene rings is 2. The van der Waals surface area contributed by atoms with Crippen LogP contribution in [0.5, 0.6) is 0 Å². The number of halogens is 2. The number of hydrogen-bond acceptors (Lipinski definition) is 2. The molecule has 0 aliphatic heterocycles. The van der Waals surface area contributed by atoms with Crippen molar-refractivity contribution in [2.75, 3.05) is 0 Å². The van der Waals surface area contributed by atoms with Crippen LogP contribution in [0.25, 0.3) is 22.1 Å². The van der Waals surface area contributed by atoms with Crippen LogP contribution < -0.4 is 5.63 Å². The first kappa shape index (κ1) is 12.7. The lowest BCUT2D eigenvalue weighted by atomic mass is 10.1. The van der Waals surface area contributed by atoms with Gasteiger partial charge in [-0.05, 0) is 52.9 Å². The van der Waals surface area contributed by atoms with Gasteiger partial charge in [-0.25, -0.2) is 4.79 Å². The first-order valence-corrected chi connectivity index (χ1v) is 7.10. The Morgan fingerprint density at radius 3 is 2.26 bits per heavy atom. The summed E-state index contributed by atoms with van der Waals surface area (Å²) in [6.45, 7) is 0. The van der Waals surface area contributed by atoms with Gasteiger partial charge in [0.1, 0.15) is 0 Å². The fourth-order valence-electron chi connectivity index (χ4n) is 1.95. The van der Waals surface area contributed by atoms with Gasteiger partial charge in [0.2, 0.25) is 0 Å².